The molecule has 0 bridgehead atoms. The number of carbonyl (C=O) groups excluding carboxylic acids is 1. The van der Waals surface area contributed by atoms with Crippen LogP contribution in [0, 0.1) is 0 Å². The Kier molecular flexibility index (Phi) is 5.57. The molecule has 0 aliphatic heterocycles. The minimum atomic E-state index is -3.34. The van der Waals surface area contributed by atoms with E-state index in [4.69, 9.17) is 13.8 Å². The van der Waals surface area contributed by atoms with Crippen LogP contribution < -0.4 is 4.74 Å². The maximum absolute atomic E-state index is 12.2. The topological polar surface area (TPSA) is 61.8 Å². The summed E-state index contributed by atoms with van der Waals surface area (Å²) in [6, 6.07) is 6.97. The molecule has 21 heavy (non-hydrogen) atoms. The third kappa shape index (κ3) is 4.40. The Morgan fingerprint density at radius 3 is 2.52 bits per heavy atom. The highest BCUT2D eigenvalue weighted by Gasteiger charge is 2.26. The summed E-state index contributed by atoms with van der Waals surface area (Å²) in [5.74, 6) is 0.399. The van der Waals surface area contributed by atoms with Gasteiger partial charge in [0, 0.05) is 19.8 Å². The molecule has 2 rings (SSSR count). The van der Waals surface area contributed by atoms with Crippen LogP contribution in [0.4, 0.5) is 0 Å². The van der Waals surface area contributed by atoms with Gasteiger partial charge in [-0.15, -0.1) is 0 Å². The molecule has 0 aromatic heterocycles. The first-order valence-corrected chi connectivity index (χ1v) is 8.79. The molecular formula is C15H21O5P. The van der Waals surface area contributed by atoms with Gasteiger partial charge in [0.15, 0.2) is 5.78 Å². The van der Waals surface area contributed by atoms with Gasteiger partial charge in [-0.3, -0.25) is 9.36 Å². The zero-order valence-corrected chi connectivity index (χ0v) is 13.3. The quantitative estimate of drug-likeness (QED) is 0.568. The first-order valence-electron chi connectivity index (χ1n) is 7.07. The summed E-state index contributed by atoms with van der Waals surface area (Å²) in [4.78, 5) is 12.2. The van der Waals surface area contributed by atoms with Crippen LogP contribution >= 0.6 is 7.60 Å². The molecule has 0 atom stereocenters. The number of ether oxygens (including phenoxy) is 1. The summed E-state index contributed by atoms with van der Waals surface area (Å²) in [7, 11) is -0.787. The lowest BCUT2D eigenvalue weighted by Crippen LogP contribution is -2.12. The van der Waals surface area contributed by atoms with Crippen LogP contribution in [-0.2, 0) is 13.6 Å². The summed E-state index contributed by atoms with van der Waals surface area (Å²) in [5.41, 5.74) is 0.458. The molecule has 1 aliphatic rings. The molecule has 5 nitrogen and oxygen atoms in total. The maximum atomic E-state index is 12.2. The first kappa shape index (κ1) is 16.2. The molecule has 1 aromatic carbocycles. The van der Waals surface area contributed by atoms with Crippen LogP contribution in [0.1, 0.15) is 36.0 Å². The average Bonchev–Trinajstić information content (AvgIpc) is 3.00. The summed E-state index contributed by atoms with van der Waals surface area (Å²) in [5, 5.41) is 0. The van der Waals surface area contributed by atoms with E-state index in [1.54, 1.807) is 18.2 Å². The highest BCUT2D eigenvalue weighted by Crippen LogP contribution is 2.46. The third-order valence-electron chi connectivity index (χ3n) is 3.65. The van der Waals surface area contributed by atoms with Gasteiger partial charge < -0.3 is 13.8 Å². The van der Waals surface area contributed by atoms with E-state index in [2.05, 4.69) is 0 Å². The second-order valence-electron chi connectivity index (χ2n) is 5.11. The van der Waals surface area contributed by atoms with Crippen molar-refractivity contribution >= 4 is 13.4 Å². The van der Waals surface area contributed by atoms with E-state index < -0.39 is 7.60 Å². The predicted octanol–water partition coefficient (Wildman–Crippen LogP) is 3.68. The van der Waals surface area contributed by atoms with Gasteiger partial charge in [0.1, 0.15) is 11.9 Å². The van der Waals surface area contributed by atoms with Gasteiger partial charge in [0.2, 0.25) is 0 Å². The molecule has 1 aromatic rings. The van der Waals surface area contributed by atoms with Crippen molar-refractivity contribution in [1.82, 2.24) is 0 Å². The largest absolute Gasteiger partial charge is 0.490 e. The minimum Gasteiger partial charge on any atom is -0.490 e. The summed E-state index contributed by atoms with van der Waals surface area (Å²) in [6.45, 7) is 0. The van der Waals surface area contributed by atoms with E-state index in [9.17, 15) is 9.36 Å². The van der Waals surface area contributed by atoms with Crippen molar-refractivity contribution in [2.75, 3.05) is 20.4 Å². The Morgan fingerprint density at radius 2 is 1.90 bits per heavy atom. The van der Waals surface area contributed by atoms with E-state index in [-0.39, 0.29) is 18.0 Å². The molecule has 1 fully saturated rings. The number of carbonyl (C=O) groups is 1. The van der Waals surface area contributed by atoms with Crippen molar-refractivity contribution < 1.29 is 23.1 Å². The molecular weight excluding hydrogens is 291 g/mol. The second-order valence-corrected chi connectivity index (χ2v) is 7.38. The number of ketones is 1. The number of hydrogen-bond acceptors (Lipinski definition) is 5. The van der Waals surface area contributed by atoms with Gasteiger partial charge in [-0.2, -0.15) is 0 Å². The Balaban J connectivity index is 2.05. The molecule has 0 N–H and O–H groups in total. The lowest BCUT2D eigenvalue weighted by Gasteiger charge is -2.15. The monoisotopic (exact) mass is 312 g/mol. The van der Waals surface area contributed by atoms with Gasteiger partial charge in [-0.25, -0.2) is 0 Å². The van der Waals surface area contributed by atoms with Gasteiger partial charge in [0.25, 0.3) is 0 Å². The molecule has 0 saturated heterocycles. The molecule has 0 unspecified atom stereocenters. The van der Waals surface area contributed by atoms with Crippen molar-refractivity contribution in [2.45, 2.75) is 31.8 Å². The van der Waals surface area contributed by atoms with Crippen molar-refractivity contribution in [1.29, 1.82) is 0 Å². The van der Waals surface area contributed by atoms with Crippen LogP contribution in [-0.4, -0.2) is 32.3 Å². The Labute approximate surface area is 125 Å². The Morgan fingerprint density at radius 1 is 1.24 bits per heavy atom. The summed E-state index contributed by atoms with van der Waals surface area (Å²) >= 11 is 0. The molecule has 0 amide bonds. The molecule has 0 heterocycles. The van der Waals surface area contributed by atoms with E-state index in [1.807, 2.05) is 6.07 Å². The fourth-order valence-corrected chi connectivity index (χ4v) is 3.35. The third-order valence-corrected chi connectivity index (χ3v) is 5.44. The van der Waals surface area contributed by atoms with Crippen molar-refractivity contribution in [3.8, 4) is 5.75 Å². The number of hydrogen-bond donors (Lipinski definition) is 0. The second kappa shape index (κ2) is 7.21. The molecule has 6 heteroatoms. The Hall–Kier alpha value is -1.16. The molecule has 1 saturated carbocycles. The van der Waals surface area contributed by atoms with E-state index in [0.29, 0.717) is 11.3 Å². The van der Waals surface area contributed by atoms with Crippen LogP contribution in [0.2, 0.25) is 0 Å². The lowest BCUT2D eigenvalue weighted by atomic mass is 10.1. The molecule has 1 aliphatic carbocycles. The fraction of sp³-hybridized carbons (Fsp3) is 0.533. The van der Waals surface area contributed by atoms with E-state index >= 15 is 0 Å². The zero-order chi connectivity index (χ0) is 15.3. The van der Waals surface area contributed by atoms with Gasteiger partial charge in [-0.05, 0) is 37.8 Å². The first-order chi connectivity index (χ1) is 10.1. The standard InChI is InChI=1S/C15H21O5P/c1-18-21(17,19-2)11-15(16)12-6-5-9-14(10-12)20-13-7-3-4-8-13/h5-6,9-10,13H,3-4,7-8,11H2,1-2H3. The van der Waals surface area contributed by atoms with Crippen molar-refractivity contribution in [3.05, 3.63) is 29.8 Å². The SMILES string of the molecule is COP(=O)(CC(=O)c1cccc(OC2CCCC2)c1)OC. The minimum absolute atomic E-state index is 0.236. The smallest absolute Gasteiger partial charge is 0.337 e. The highest BCUT2D eigenvalue weighted by molar-refractivity contribution is 7.54. The van der Waals surface area contributed by atoms with Crippen LogP contribution in [0.3, 0.4) is 0 Å². The molecule has 0 radical (unpaired) electrons. The highest BCUT2D eigenvalue weighted by atomic mass is 31.2. The summed E-state index contributed by atoms with van der Waals surface area (Å²) < 4.78 is 27.5. The number of benzene rings is 1. The maximum Gasteiger partial charge on any atom is 0.337 e. The van der Waals surface area contributed by atoms with Crippen LogP contribution in [0.25, 0.3) is 0 Å². The fourth-order valence-electron chi connectivity index (χ4n) is 2.41. The molecule has 116 valence electrons. The van der Waals surface area contributed by atoms with Crippen molar-refractivity contribution in [3.63, 3.8) is 0 Å². The predicted molar refractivity (Wildman–Crippen MR) is 80.1 cm³/mol. The van der Waals surface area contributed by atoms with Gasteiger partial charge in [-0.1, -0.05) is 12.1 Å². The number of rotatable bonds is 7. The van der Waals surface area contributed by atoms with Gasteiger partial charge >= 0.3 is 7.60 Å². The van der Waals surface area contributed by atoms with E-state index in [0.717, 1.165) is 12.8 Å². The normalized spacial score (nSPS) is 16.1. The lowest BCUT2D eigenvalue weighted by molar-refractivity contribution is 0.101. The molecule has 0 spiro atoms. The average molecular weight is 312 g/mol. The Bertz CT molecular complexity index is 529. The zero-order valence-electron chi connectivity index (χ0n) is 12.4. The summed E-state index contributed by atoms with van der Waals surface area (Å²) in [6.07, 6.45) is 4.45. The van der Waals surface area contributed by atoms with Crippen LogP contribution in [0.15, 0.2) is 24.3 Å². The van der Waals surface area contributed by atoms with Gasteiger partial charge in [0.05, 0.1) is 6.10 Å². The van der Waals surface area contributed by atoms with E-state index in [1.165, 1.54) is 27.1 Å². The van der Waals surface area contributed by atoms with Crippen molar-refractivity contribution in [2.24, 2.45) is 0 Å². The number of Topliss-reactive ketones (excluding diaryl/α,β-unsaturated/α-hetero) is 1. The van der Waals surface area contributed by atoms with Crippen LogP contribution in [0.5, 0.6) is 5.75 Å².